The summed E-state index contributed by atoms with van der Waals surface area (Å²) < 4.78 is 57.4. The van der Waals surface area contributed by atoms with Crippen molar-refractivity contribution in [3.05, 3.63) is 52.6 Å². The van der Waals surface area contributed by atoms with Crippen molar-refractivity contribution in [2.45, 2.75) is 24.9 Å². The quantitative estimate of drug-likeness (QED) is 0.473. The van der Waals surface area contributed by atoms with Crippen LogP contribution in [0.5, 0.6) is 5.75 Å². The Labute approximate surface area is 188 Å². The summed E-state index contributed by atoms with van der Waals surface area (Å²) in [4.78, 5) is 25.6. The van der Waals surface area contributed by atoms with Gasteiger partial charge in [-0.3, -0.25) is 19.6 Å². The van der Waals surface area contributed by atoms with Crippen LogP contribution in [-0.4, -0.2) is 56.9 Å². The van der Waals surface area contributed by atoms with Crippen LogP contribution in [0.3, 0.4) is 0 Å². The van der Waals surface area contributed by atoms with E-state index in [9.17, 15) is 32.1 Å². The van der Waals surface area contributed by atoms with Crippen LogP contribution in [0.15, 0.2) is 47.4 Å². The maximum atomic E-state index is 12.8. The molecule has 0 unspecified atom stereocenters. The highest BCUT2D eigenvalue weighted by Gasteiger charge is 2.27. The number of alkyl halides is 2. The Morgan fingerprint density at radius 3 is 2.55 bits per heavy atom. The lowest BCUT2D eigenvalue weighted by Gasteiger charge is -2.23. The molecule has 2 aromatic rings. The van der Waals surface area contributed by atoms with E-state index in [-0.39, 0.29) is 23.0 Å². The summed E-state index contributed by atoms with van der Waals surface area (Å²) >= 11 is 0. The average Bonchev–Trinajstić information content (AvgIpc) is 3.00. The first-order valence-electron chi connectivity index (χ1n) is 9.94. The predicted molar refractivity (Wildman–Crippen MR) is 116 cm³/mol. The number of para-hydroxylation sites is 2. The summed E-state index contributed by atoms with van der Waals surface area (Å²) in [6.07, 6.45) is 0.596. The van der Waals surface area contributed by atoms with Crippen LogP contribution in [0, 0.1) is 10.1 Å². The second kappa shape index (κ2) is 9.98. The molecule has 1 saturated heterocycles. The normalized spacial score (nSPS) is 14.7. The van der Waals surface area contributed by atoms with Gasteiger partial charge in [0.2, 0.25) is 5.91 Å². The predicted octanol–water partition coefficient (Wildman–Crippen LogP) is 3.06. The van der Waals surface area contributed by atoms with Crippen LogP contribution < -0.4 is 14.4 Å². The molecule has 0 bridgehead atoms. The highest BCUT2D eigenvalue weighted by atomic mass is 32.2. The van der Waals surface area contributed by atoms with Gasteiger partial charge in [-0.15, -0.1) is 0 Å². The molecule has 10 nitrogen and oxygen atoms in total. The van der Waals surface area contributed by atoms with Gasteiger partial charge in [0.05, 0.1) is 15.5 Å². The molecule has 0 aliphatic carbocycles. The number of nitro benzene ring substituents is 1. The summed E-state index contributed by atoms with van der Waals surface area (Å²) in [5.74, 6) is -0.475. The van der Waals surface area contributed by atoms with Crippen LogP contribution in [0.1, 0.15) is 13.3 Å². The Balaban J connectivity index is 1.90. The van der Waals surface area contributed by atoms with Crippen LogP contribution in [0.2, 0.25) is 0 Å². The molecule has 33 heavy (non-hydrogen) atoms. The zero-order valence-electron chi connectivity index (χ0n) is 17.6. The molecule has 0 saturated carbocycles. The smallest absolute Gasteiger partial charge is 0.387 e. The monoisotopic (exact) mass is 484 g/mol. The summed E-state index contributed by atoms with van der Waals surface area (Å²) in [7, 11) is -4.35. The van der Waals surface area contributed by atoms with Crippen LogP contribution in [0.4, 0.5) is 25.8 Å². The van der Waals surface area contributed by atoms with Gasteiger partial charge in [-0.05, 0) is 30.7 Å². The van der Waals surface area contributed by atoms with E-state index in [1.165, 1.54) is 43.3 Å². The van der Waals surface area contributed by atoms with E-state index in [4.69, 9.17) is 0 Å². The Morgan fingerprint density at radius 2 is 1.88 bits per heavy atom. The molecule has 1 N–H and O–H groups in total. The standard InChI is InChI=1S/C20H22F2N4O6S/c1-14(27)24-9-4-10-25(12-11-24)17-8-7-15(13-18(17)26(28)29)33(30,31)23-16-5-2-3-6-19(16)32-20(21)22/h2-3,5-8,13,20,23H,4,9-12H2,1H3. The summed E-state index contributed by atoms with van der Waals surface area (Å²) in [6, 6.07) is 8.67. The molecule has 1 aliphatic rings. The van der Waals surface area contributed by atoms with Crippen LogP contribution in [-0.2, 0) is 14.8 Å². The molecule has 0 spiro atoms. The summed E-state index contributed by atoms with van der Waals surface area (Å²) in [5, 5.41) is 11.7. The molecule has 1 aliphatic heterocycles. The lowest BCUT2D eigenvalue weighted by Crippen LogP contribution is -2.33. The summed E-state index contributed by atoms with van der Waals surface area (Å²) in [6.45, 7) is 0.000144. The third-order valence-corrected chi connectivity index (χ3v) is 6.45. The number of nitrogens with one attached hydrogen (secondary N) is 1. The van der Waals surface area contributed by atoms with E-state index in [0.717, 1.165) is 6.07 Å². The molecule has 3 rings (SSSR count). The molecular weight excluding hydrogens is 462 g/mol. The molecule has 0 atom stereocenters. The Kier molecular flexibility index (Phi) is 7.31. The van der Waals surface area contributed by atoms with Crippen molar-refractivity contribution in [1.29, 1.82) is 0 Å². The van der Waals surface area contributed by atoms with E-state index < -0.39 is 32.1 Å². The van der Waals surface area contributed by atoms with Crippen molar-refractivity contribution in [3.8, 4) is 5.75 Å². The summed E-state index contributed by atoms with van der Waals surface area (Å²) in [5.41, 5.74) is -0.432. The Hall–Kier alpha value is -3.48. The van der Waals surface area contributed by atoms with E-state index in [1.54, 1.807) is 9.80 Å². The molecule has 0 radical (unpaired) electrons. The molecule has 2 aromatic carbocycles. The van der Waals surface area contributed by atoms with Crippen molar-refractivity contribution in [2.75, 3.05) is 35.8 Å². The van der Waals surface area contributed by atoms with Crippen molar-refractivity contribution in [3.63, 3.8) is 0 Å². The number of halogens is 2. The highest BCUT2D eigenvalue weighted by molar-refractivity contribution is 7.92. The van der Waals surface area contributed by atoms with E-state index >= 15 is 0 Å². The lowest BCUT2D eigenvalue weighted by molar-refractivity contribution is -0.384. The van der Waals surface area contributed by atoms with Crippen molar-refractivity contribution < 1.29 is 31.7 Å². The van der Waals surface area contributed by atoms with E-state index in [1.807, 2.05) is 0 Å². The van der Waals surface area contributed by atoms with Gasteiger partial charge in [0.15, 0.2) is 0 Å². The molecular formula is C20H22F2N4O6S. The SMILES string of the molecule is CC(=O)N1CCCN(c2ccc(S(=O)(=O)Nc3ccccc3OC(F)F)cc2[N+](=O)[O-])CC1. The van der Waals surface area contributed by atoms with Gasteiger partial charge in [-0.2, -0.15) is 8.78 Å². The first-order valence-corrected chi connectivity index (χ1v) is 11.4. The molecule has 1 fully saturated rings. The number of benzene rings is 2. The maximum Gasteiger partial charge on any atom is 0.387 e. The number of carbonyl (C=O) groups excluding carboxylic acids is 1. The number of amides is 1. The topological polar surface area (TPSA) is 122 Å². The number of anilines is 2. The third kappa shape index (κ3) is 5.86. The number of hydrogen-bond acceptors (Lipinski definition) is 7. The molecule has 0 aromatic heterocycles. The second-order valence-corrected chi connectivity index (χ2v) is 8.92. The fraction of sp³-hybridized carbons (Fsp3) is 0.350. The Bertz CT molecular complexity index is 1150. The largest absolute Gasteiger partial charge is 0.433 e. The van der Waals surface area contributed by atoms with E-state index in [0.29, 0.717) is 32.6 Å². The van der Waals surface area contributed by atoms with Gasteiger partial charge < -0.3 is 14.5 Å². The number of nitrogens with zero attached hydrogens (tertiary/aromatic N) is 3. The van der Waals surface area contributed by atoms with Crippen molar-refractivity contribution in [2.24, 2.45) is 0 Å². The van der Waals surface area contributed by atoms with Crippen LogP contribution in [0.25, 0.3) is 0 Å². The third-order valence-electron chi connectivity index (χ3n) is 5.08. The van der Waals surface area contributed by atoms with Gasteiger partial charge in [-0.1, -0.05) is 12.1 Å². The zero-order valence-corrected chi connectivity index (χ0v) is 18.4. The first-order chi connectivity index (χ1) is 15.6. The number of rotatable bonds is 7. The molecule has 1 heterocycles. The molecule has 178 valence electrons. The minimum Gasteiger partial charge on any atom is -0.433 e. The van der Waals surface area contributed by atoms with E-state index in [2.05, 4.69) is 9.46 Å². The van der Waals surface area contributed by atoms with Gasteiger partial charge in [-0.25, -0.2) is 8.42 Å². The lowest BCUT2D eigenvalue weighted by atomic mass is 10.2. The number of ether oxygens (including phenoxy) is 1. The maximum absolute atomic E-state index is 12.8. The minimum atomic E-state index is -4.35. The Morgan fingerprint density at radius 1 is 1.15 bits per heavy atom. The number of hydrogen-bond donors (Lipinski definition) is 1. The van der Waals surface area contributed by atoms with Crippen LogP contribution >= 0.6 is 0 Å². The zero-order chi connectivity index (χ0) is 24.2. The van der Waals surface area contributed by atoms with Crippen molar-refractivity contribution in [1.82, 2.24) is 4.90 Å². The minimum absolute atomic E-state index is 0.0880. The first kappa shape index (κ1) is 24.2. The number of carbonyl (C=O) groups is 1. The molecule has 1 amide bonds. The number of nitro groups is 1. The van der Waals surface area contributed by atoms with Gasteiger partial charge in [0.25, 0.3) is 15.7 Å². The molecule has 13 heteroatoms. The fourth-order valence-electron chi connectivity index (χ4n) is 3.51. The van der Waals surface area contributed by atoms with Crippen molar-refractivity contribution >= 4 is 33.0 Å². The average molecular weight is 484 g/mol. The van der Waals surface area contributed by atoms with Gasteiger partial charge >= 0.3 is 6.61 Å². The highest BCUT2D eigenvalue weighted by Crippen LogP contribution is 2.33. The second-order valence-electron chi connectivity index (χ2n) is 7.23. The van der Waals surface area contributed by atoms with Gasteiger partial charge in [0.1, 0.15) is 11.4 Å². The van der Waals surface area contributed by atoms with Gasteiger partial charge in [0, 0.05) is 39.2 Å². The fourth-order valence-corrected chi connectivity index (χ4v) is 4.60. The number of sulfonamides is 1.